The molecule has 0 spiro atoms. The van der Waals surface area contributed by atoms with Crippen molar-refractivity contribution < 1.29 is 0 Å². The van der Waals surface area contributed by atoms with Crippen LogP contribution in [-0.2, 0) is 5.41 Å². The van der Waals surface area contributed by atoms with Gasteiger partial charge in [0.15, 0.2) is 0 Å². The topological polar surface area (TPSA) is 0 Å². The molecule has 2 unspecified atom stereocenters. The van der Waals surface area contributed by atoms with Gasteiger partial charge in [0.1, 0.15) is 0 Å². The Morgan fingerprint density at radius 3 is 2.68 bits per heavy atom. The lowest BCUT2D eigenvalue weighted by Gasteiger charge is -2.35. The third-order valence-corrected chi connectivity index (χ3v) is 5.35. The van der Waals surface area contributed by atoms with Gasteiger partial charge in [-0.3, -0.25) is 0 Å². The number of benzene rings is 1. The number of rotatable bonds is 3. The van der Waals surface area contributed by atoms with E-state index in [0.717, 1.165) is 5.92 Å². The summed E-state index contributed by atoms with van der Waals surface area (Å²) in [6, 6.07) is 9.20. The van der Waals surface area contributed by atoms with E-state index in [4.69, 9.17) is 0 Å². The molecule has 1 saturated carbocycles. The highest BCUT2D eigenvalue weighted by Crippen LogP contribution is 2.66. The maximum absolute atomic E-state index is 2.44. The molecule has 0 nitrogen and oxygen atoms in total. The fraction of sp³-hybridized carbons (Fsp3) is 0.474. The first-order valence-electron chi connectivity index (χ1n) is 7.44. The maximum atomic E-state index is 2.44. The van der Waals surface area contributed by atoms with Crippen molar-refractivity contribution in [3.8, 4) is 0 Å². The van der Waals surface area contributed by atoms with Gasteiger partial charge in [0.2, 0.25) is 0 Å². The van der Waals surface area contributed by atoms with E-state index in [0.29, 0.717) is 11.3 Å². The molecule has 0 amide bonds. The minimum Gasteiger partial charge on any atom is -0.0805 e. The van der Waals surface area contributed by atoms with E-state index in [1.165, 1.54) is 17.5 Å². The highest BCUT2D eigenvalue weighted by atomic mass is 14.6. The lowest BCUT2D eigenvalue weighted by molar-refractivity contribution is 0.342. The lowest BCUT2D eigenvalue weighted by Crippen LogP contribution is -2.31. The maximum Gasteiger partial charge on any atom is 0.00454 e. The molecule has 1 aromatic carbocycles. The van der Waals surface area contributed by atoms with E-state index < -0.39 is 0 Å². The van der Waals surface area contributed by atoms with Crippen LogP contribution >= 0.6 is 0 Å². The Bertz CT molecular complexity index is 545. The van der Waals surface area contributed by atoms with Crippen LogP contribution in [0.3, 0.4) is 0 Å². The molecular formula is C19H24. The van der Waals surface area contributed by atoms with Gasteiger partial charge in [-0.2, -0.15) is 0 Å². The molecule has 100 valence electrons. The average molecular weight is 252 g/mol. The van der Waals surface area contributed by atoms with E-state index in [-0.39, 0.29) is 5.41 Å². The summed E-state index contributed by atoms with van der Waals surface area (Å²) in [6.45, 7) is 9.37. The fourth-order valence-electron chi connectivity index (χ4n) is 3.64. The summed E-state index contributed by atoms with van der Waals surface area (Å²) in [5.41, 5.74) is 3.51. The SMILES string of the molecule is CC(C)c1cccc(C(C)(C)C23C=CC=CC2C3)c1. The van der Waals surface area contributed by atoms with Crippen molar-refractivity contribution in [3.63, 3.8) is 0 Å². The Labute approximate surface area is 117 Å². The van der Waals surface area contributed by atoms with Crippen LogP contribution in [0.1, 0.15) is 51.2 Å². The van der Waals surface area contributed by atoms with Crippen LogP contribution < -0.4 is 0 Å². The second kappa shape index (κ2) is 4.10. The monoisotopic (exact) mass is 252 g/mol. The minimum atomic E-state index is 0.212. The predicted molar refractivity (Wildman–Crippen MR) is 82.4 cm³/mol. The first-order chi connectivity index (χ1) is 8.97. The molecule has 2 aliphatic carbocycles. The van der Waals surface area contributed by atoms with Gasteiger partial charge in [0, 0.05) is 5.41 Å². The van der Waals surface area contributed by atoms with E-state index in [2.05, 4.69) is 76.3 Å². The second-order valence-corrected chi connectivity index (χ2v) is 7.00. The molecule has 0 heterocycles. The third kappa shape index (κ3) is 1.81. The van der Waals surface area contributed by atoms with Gasteiger partial charge >= 0.3 is 0 Å². The molecule has 1 aromatic rings. The first-order valence-corrected chi connectivity index (χ1v) is 7.44. The Hall–Kier alpha value is -1.30. The molecule has 0 radical (unpaired) electrons. The first kappa shape index (κ1) is 12.7. The summed E-state index contributed by atoms with van der Waals surface area (Å²) in [5.74, 6) is 1.35. The van der Waals surface area contributed by atoms with Gasteiger partial charge in [0.25, 0.3) is 0 Å². The van der Waals surface area contributed by atoms with Gasteiger partial charge in [-0.1, -0.05) is 76.3 Å². The van der Waals surface area contributed by atoms with Crippen LogP contribution in [0.25, 0.3) is 0 Å². The Kier molecular flexibility index (Phi) is 2.74. The second-order valence-electron chi connectivity index (χ2n) is 7.00. The largest absolute Gasteiger partial charge is 0.0805 e. The highest BCUT2D eigenvalue weighted by molar-refractivity contribution is 5.42. The zero-order chi connectivity index (χ0) is 13.7. The molecule has 0 N–H and O–H groups in total. The van der Waals surface area contributed by atoms with Crippen molar-refractivity contribution in [3.05, 3.63) is 59.7 Å². The summed E-state index contributed by atoms with van der Waals surface area (Å²) in [7, 11) is 0. The van der Waals surface area contributed by atoms with Gasteiger partial charge in [-0.15, -0.1) is 0 Å². The molecule has 2 atom stereocenters. The highest BCUT2D eigenvalue weighted by Gasteiger charge is 2.60. The van der Waals surface area contributed by atoms with Crippen molar-refractivity contribution in [2.75, 3.05) is 0 Å². The molecule has 1 fully saturated rings. The summed E-state index contributed by atoms with van der Waals surface area (Å²) < 4.78 is 0. The summed E-state index contributed by atoms with van der Waals surface area (Å²) in [4.78, 5) is 0. The molecular weight excluding hydrogens is 228 g/mol. The zero-order valence-electron chi connectivity index (χ0n) is 12.5. The minimum absolute atomic E-state index is 0.212. The van der Waals surface area contributed by atoms with E-state index >= 15 is 0 Å². The number of fused-ring (bicyclic) bond motifs is 1. The third-order valence-electron chi connectivity index (χ3n) is 5.35. The quantitative estimate of drug-likeness (QED) is 0.692. The Morgan fingerprint density at radius 1 is 1.21 bits per heavy atom. The van der Waals surface area contributed by atoms with Crippen LogP contribution in [0.15, 0.2) is 48.6 Å². The Morgan fingerprint density at radius 2 is 2.00 bits per heavy atom. The summed E-state index contributed by atoms with van der Waals surface area (Å²) in [6.07, 6.45) is 10.6. The molecule has 19 heavy (non-hydrogen) atoms. The van der Waals surface area contributed by atoms with Gasteiger partial charge in [-0.25, -0.2) is 0 Å². The number of allylic oxidation sites excluding steroid dienone is 4. The van der Waals surface area contributed by atoms with Crippen molar-refractivity contribution in [2.45, 2.75) is 45.4 Å². The van der Waals surface area contributed by atoms with Crippen molar-refractivity contribution in [1.29, 1.82) is 0 Å². The molecule has 0 aliphatic heterocycles. The van der Waals surface area contributed by atoms with Gasteiger partial charge in [0.05, 0.1) is 0 Å². The van der Waals surface area contributed by atoms with Crippen molar-refractivity contribution >= 4 is 0 Å². The van der Waals surface area contributed by atoms with Gasteiger partial charge < -0.3 is 0 Å². The van der Waals surface area contributed by atoms with E-state index in [1.807, 2.05) is 0 Å². The van der Waals surface area contributed by atoms with Crippen LogP contribution in [0.2, 0.25) is 0 Å². The van der Waals surface area contributed by atoms with Crippen LogP contribution in [0.5, 0.6) is 0 Å². The standard InChI is InChI=1S/C19H24/c1-14(2)15-8-7-10-16(12-15)18(3,4)19-11-6-5-9-17(19)13-19/h5-12,14,17H,13H2,1-4H3. The average Bonchev–Trinajstić information content (AvgIpc) is 3.15. The normalized spacial score (nSPS) is 28.6. The van der Waals surface area contributed by atoms with Gasteiger partial charge in [-0.05, 0) is 34.8 Å². The van der Waals surface area contributed by atoms with Crippen LogP contribution in [0, 0.1) is 11.3 Å². The van der Waals surface area contributed by atoms with Crippen LogP contribution in [0.4, 0.5) is 0 Å². The number of hydrogen-bond donors (Lipinski definition) is 0. The molecule has 2 aliphatic rings. The summed E-state index contributed by atoms with van der Waals surface area (Å²) >= 11 is 0. The molecule has 0 aromatic heterocycles. The van der Waals surface area contributed by atoms with Crippen molar-refractivity contribution in [2.24, 2.45) is 11.3 Å². The molecule has 3 rings (SSSR count). The van der Waals surface area contributed by atoms with E-state index in [9.17, 15) is 0 Å². The smallest absolute Gasteiger partial charge is 0.00454 e. The molecule has 0 bridgehead atoms. The number of hydrogen-bond acceptors (Lipinski definition) is 0. The Balaban J connectivity index is 1.99. The zero-order valence-corrected chi connectivity index (χ0v) is 12.5. The molecule has 0 saturated heterocycles. The van der Waals surface area contributed by atoms with Crippen LogP contribution in [-0.4, -0.2) is 0 Å². The van der Waals surface area contributed by atoms with Crippen molar-refractivity contribution in [1.82, 2.24) is 0 Å². The lowest BCUT2D eigenvalue weighted by atomic mass is 9.68. The fourth-order valence-corrected chi connectivity index (χ4v) is 3.64. The predicted octanol–water partition coefficient (Wildman–Crippen LogP) is 5.22. The summed E-state index contributed by atoms with van der Waals surface area (Å²) in [5, 5.41) is 0. The van der Waals surface area contributed by atoms with E-state index in [1.54, 1.807) is 0 Å². The molecule has 0 heteroatoms.